The van der Waals surface area contributed by atoms with Gasteiger partial charge in [0.05, 0.1) is 17.0 Å². The molecule has 2 aromatic heterocycles. The Morgan fingerprint density at radius 2 is 1.80 bits per heavy atom. The molecule has 1 atom stereocenters. The molecule has 8 heteroatoms. The predicted octanol–water partition coefficient (Wildman–Crippen LogP) is 6.03. The Kier molecular flexibility index (Phi) is 5.59. The summed E-state index contributed by atoms with van der Waals surface area (Å²) in [6, 6.07) is 10.8. The number of hydrogen-bond donors (Lipinski definition) is 0. The molecule has 0 bridgehead atoms. The monoisotopic (exact) mass is 491 g/mol. The summed E-state index contributed by atoms with van der Waals surface area (Å²) in [5.41, 5.74) is 1.75. The molecule has 5 rings (SSSR count). The largest absolute Gasteiger partial charge is 0.450 e. The number of amides is 1. The molecule has 0 saturated carbocycles. The van der Waals surface area contributed by atoms with Gasteiger partial charge in [-0.25, -0.2) is 4.39 Å². The van der Waals surface area contributed by atoms with Gasteiger partial charge in [-0.05, 0) is 40.7 Å². The van der Waals surface area contributed by atoms with Crippen molar-refractivity contribution >= 4 is 33.3 Å². The zero-order valence-electron chi connectivity index (χ0n) is 20.3. The first-order valence-corrected chi connectivity index (χ1v) is 12.4. The third-order valence-electron chi connectivity index (χ3n) is 6.17. The lowest BCUT2D eigenvalue weighted by Crippen LogP contribution is -2.29. The molecule has 6 nitrogen and oxygen atoms in total. The van der Waals surface area contributed by atoms with Crippen LogP contribution >= 0.6 is 11.3 Å². The molecule has 0 radical (unpaired) electrons. The van der Waals surface area contributed by atoms with Crippen molar-refractivity contribution in [3.05, 3.63) is 86.0 Å². The van der Waals surface area contributed by atoms with Crippen molar-refractivity contribution in [2.24, 2.45) is 5.92 Å². The van der Waals surface area contributed by atoms with E-state index >= 15 is 0 Å². The highest BCUT2D eigenvalue weighted by Gasteiger charge is 2.45. The number of carbonyl (C=O) groups excluding carboxylic acids is 1. The van der Waals surface area contributed by atoms with E-state index < -0.39 is 23.2 Å². The fourth-order valence-corrected chi connectivity index (χ4v) is 5.47. The first-order valence-electron chi connectivity index (χ1n) is 11.6. The number of halogens is 1. The molecule has 35 heavy (non-hydrogen) atoms. The maximum atomic E-state index is 14.0. The molecule has 4 aromatic rings. The number of anilines is 1. The fraction of sp³-hybridized carbons (Fsp3) is 0.333. The second-order valence-electron chi connectivity index (χ2n) is 10.3. The molecule has 1 aliphatic heterocycles. The Labute approximate surface area is 206 Å². The highest BCUT2D eigenvalue weighted by molar-refractivity contribution is 7.15. The van der Waals surface area contributed by atoms with Crippen molar-refractivity contribution in [2.45, 2.75) is 52.5 Å². The van der Waals surface area contributed by atoms with E-state index in [1.54, 1.807) is 0 Å². The maximum absolute atomic E-state index is 14.0. The van der Waals surface area contributed by atoms with Gasteiger partial charge in [0.1, 0.15) is 16.4 Å². The summed E-state index contributed by atoms with van der Waals surface area (Å²) in [7, 11) is 0. The minimum absolute atomic E-state index is 0.0420. The number of nitrogens with zero attached hydrogens (tertiary/aromatic N) is 3. The summed E-state index contributed by atoms with van der Waals surface area (Å²) in [6.45, 7) is 10.5. The zero-order chi connectivity index (χ0) is 25.1. The number of hydrogen-bond acceptors (Lipinski definition) is 6. The van der Waals surface area contributed by atoms with E-state index in [0.29, 0.717) is 11.0 Å². The lowest BCUT2D eigenvalue weighted by atomic mass is 9.86. The minimum Gasteiger partial charge on any atom is -0.450 e. The van der Waals surface area contributed by atoms with Crippen LogP contribution in [0.4, 0.5) is 9.52 Å². The van der Waals surface area contributed by atoms with Crippen LogP contribution in [0.5, 0.6) is 0 Å². The summed E-state index contributed by atoms with van der Waals surface area (Å²) in [6.07, 6.45) is 0.734. The van der Waals surface area contributed by atoms with Crippen molar-refractivity contribution in [1.29, 1.82) is 0 Å². The van der Waals surface area contributed by atoms with Crippen LogP contribution in [-0.4, -0.2) is 16.1 Å². The van der Waals surface area contributed by atoms with E-state index in [4.69, 9.17) is 4.42 Å². The van der Waals surface area contributed by atoms with Crippen LogP contribution < -0.4 is 10.3 Å². The van der Waals surface area contributed by atoms with Crippen molar-refractivity contribution in [1.82, 2.24) is 10.2 Å². The van der Waals surface area contributed by atoms with Crippen LogP contribution in [0, 0.1) is 11.7 Å². The number of carbonyl (C=O) groups is 1. The smallest absolute Gasteiger partial charge is 0.297 e. The Morgan fingerprint density at radius 3 is 2.46 bits per heavy atom. The molecule has 0 N–H and O–H groups in total. The van der Waals surface area contributed by atoms with E-state index in [1.807, 2.05) is 24.3 Å². The standard InChI is InChI=1S/C27H26FN3O3S/c1-14(2)12-20-29-30-26(35-20)31-22(15-6-8-16(9-7-15)27(3,4)5)21-23(32)18-13-17(28)10-11-19(18)34-24(21)25(31)33/h6-11,13-14,22H,12H2,1-5H3. The van der Waals surface area contributed by atoms with Crippen LogP contribution in [0.1, 0.15) is 72.9 Å². The predicted molar refractivity (Wildman–Crippen MR) is 135 cm³/mol. The lowest BCUT2D eigenvalue weighted by Gasteiger charge is -2.24. The molecule has 0 saturated heterocycles. The van der Waals surface area contributed by atoms with Crippen molar-refractivity contribution in [3.63, 3.8) is 0 Å². The van der Waals surface area contributed by atoms with Gasteiger partial charge in [0.2, 0.25) is 10.9 Å². The van der Waals surface area contributed by atoms with Crippen LogP contribution in [-0.2, 0) is 11.8 Å². The second-order valence-corrected chi connectivity index (χ2v) is 11.4. The fourth-order valence-electron chi connectivity index (χ4n) is 4.40. The van der Waals surface area contributed by atoms with Crippen LogP contribution in [0.3, 0.4) is 0 Å². The van der Waals surface area contributed by atoms with E-state index in [-0.39, 0.29) is 27.7 Å². The number of fused-ring (bicyclic) bond motifs is 2. The quantitative estimate of drug-likeness (QED) is 0.348. The molecule has 3 heterocycles. The van der Waals surface area contributed by atoms with Crippen LogP contribution in [0.25, 0.3) is 11.0 Å². The van der Waals surface area contributed by atoms with E-state index in [0.717, 1.165) is 28.6 Å². The first-order chi connectivity index (χ1) is 16.5. The molecule has 0 fully saturated rings. The molecule has 1 amide bonds. The summed E-state index contributed by atoms with van der Waals surface area (Å²) >= 11 is 1.33. The zero-order valence-corrected chi connectivity index (χ0v) is 21.1. The highest BCUT2D eigenvalue weighted by Crippen LogP contribution is 2.42. The van der Waals surface area contributed by atoms with Crippen molar-refractivity contribution < 1.29 is 13.6 Å². The van der Waals surface area contributed by atoms with Crippen molar-refractivity contribution in [3.8, 4) is 0 Å². The van der Waals surface area contributed by atoms with Gasteiger partial charge < -0.3 is 4.42 Å². The van der Waals surface area contributed by atoms with E-state index in [1.165, 1.54) is 28.4 Å². The second kappa shape index (κ2) is 8.37. The molecule has 1 unspecified atom stereocenters. The highest BCUT2D eigenvalue weighted by atomic mass is 32.1. The lowest BCUT2D eigenvalue weighted by molar-refractivity contribution is 0.0970. The van der Waals surface area contributed by atoms with Gasteiger partial charge in [0.15, 0.2) is 5.43 Å². The minimum atomic E-state index is -0.754. The van der Waals surface area contributed by atoms with Crippen LogP contribution in [0.15, 0.2) is 51.7 Å². The topological polar surface area (TPSA) is 76.3 Å². The van der Waals surface area contributed by atoms with E-state index in [2.05, 4.69) is 44.8 Å². The molecular weight excluding hydrogens is 465 g/mol. The maximum Gasteiger partial charge on any atom is 0.297 e. The van der Waals surface area contributed by atoms with Crippen molar-refractivity contribution in [2.75, 3.05) is 4.90 Å². The number of benzene rings is 2. The average Bonchev–Trinajstić information content (AvgIpc) is 3.35. The van der Waals surface area contributed by atoms with Crippen LogP contribution in [0.2, 0.25) is 0 Å². The third-order valence-corrected chi connectivity index (χ3v) is 7.11. The molecule has 180 valence electrons. The summed E-state index contributed by atoms with van der Waals surface area (Å²) in [4.78, 5) is 28.8. The first kappa shape index (κ1) is 23.4. The average molecular weight is 492 g/mol. The van der Waals surface area contributed by atoms with Gasteiger partial charge in [-0.3, -0.25) is 14.5 Å². The van der Waals surface area contributed by atoms with Gasteiger partial charge in [-0.15, -0.1) is 10.2 Å². The Hall–Kier alpha value is -3.39. The Morgan fingerprint density at radius 1 is 1.09 bits per heavy atom. The number of rotatable bonds is 4. The normalized spacial score (nSPS) is 15.9. The van der Waals surface area contributed by atoms with Gasteiger partial charge in [-0.1, -0.05) is 70.2 Å². The SMILES string of the molecule is CC(C)Cc1nnc(N2C(=O)c3oc4ccc(F)cc4c(=O)c3C2c2ccc(C(C)(C)C)cc2)s1. The van der Waals surface area contributed by atoms with Gasteiger partial charge in [-0.2, -0.15) is 0 Å². The Bertz CT molecular complexity index is 1500. The third kappa shape index (κ3) is 4.05. The Balaban J connectivity index is 1.72. The summed E-state index contributed by atoms with van der Waals surface area (Å²) < 4.78 is 19.9. The van der Waals surface area contributed by atoms with Gasteiger partial charge in [0, 0.05) is 6.42 Å². The van der Waals surface area contributed by atoms with Gasteiger partial charge in [0.25, 0.3) is 5.91 Å². The van der Waals surface area contributed by atoms with Gasteiger partial charge >= 0.3 is 0 Å². The number of aromatic nitrogens is 2. The summed E-state index contributed by atoms with van der Waals surface area (Å²) in [5.74, 6) is -0.661. The molecule has 0 aliphatic carbocycles. The molecule has 2 aromatic carbocycles. The molecule has 0 spiro atoms. The molecular formula is C27H26FN3O3S. The summed E-state index contributed by atoms with van der Waals surface area (Å²) in [5, 5.41) is 9.89. The molecule has 1 aliphatic rings. The van der Waals surface area contributed by atoms with E-state index in [9.17, 15) is 14.0 Å².